The van der Waals surface area contributed by atoms with E-state index in [9.17, 15) is 24.0 Å². The number of hydrogen-bond donors (Lipinski definition) is 10. The fourth-order valence-corrected chi connectivity index (χ4v) is 16.8. The normalized spacial score (nSPS) is 11.4. The maximum Gasteiger partial charge on any atom is 0.326 e. The Morgan fingerprint density at radius 3 is 0.906 bits per heavy atom. The highest BCUT2D eigenvalue weighted by Gasteiger charge is 2.28. The van der Waals surface area contributed by atoms with Crippen LogP contribution in [-0.4, -0.2) is 109 Å². The molecule has 0 aliphatic heterocycles. The lowest BCUT2D eigenvalue weighted by Crippen LogP contribution is -2.21. The van der Waals surface area contributed by atoms with Crippen LogP contribution in [0.1, 0.15) is 183 Å². The van der Waals surface area contributed by atoms with Crippen molar-refractivity contribution >= 4 is 131 Å². The molecule has 35 heteroatoms. The minimum Gasteiger partial charge on any atom is -0.384 e. The van der Waals surface area contributed by atoms with Gasteiger partial charge in [-0.3, -0.25) is 57.3 Å². The molecule has 0 radical (unpaired) electrons. The van der Waals surface area contributed by atoms with Crippen LogP contribution in [0, 0.1) is 27.7 Å². The molecule has 138 heavy (non-hydrogen) atoms. The molecule has 16 rings (SSSR count). The Morgan fingerprint density at radius 2 is 0.601 bits per heavy atom. The molecule has 31 nitrogen and oxygen atoms in total. The second-order valence-corrected chi connectivity index (χ2v) is 41.7. The highest BCUT2D eigenvalue weighted by atomic mass is 32.1. The van der Waals surface area contributed by atoms with Crippen LogP contribution >= 0.6 is 45.3 Å². The van der Waals surface area contributed by atoms with Crippen LogP contribution in [0.5, 0.6) is 0 Å². The van der Waals surface area contributed by atoms with Crippen LogP contribution in [-0.2, 0) is 77.8 Å². The Hall–Kier alpha value is -14.8. The van der Waals surface area contributed by atoms with Crippen molar-refractivity contribution in [2.45, 2.75) is 197 Å². The number of nitrogens with two attached hydrogens (primary N) is 1. The van der Waals surface area contributed by atoms with Gasteiger partial charge in [-0.2, -0.15) is 20.4 Å². The molecule has 0 saturated heterocycles. The zero-order valence-corrected chi connectivity index (χ0v) is 84.0. The van der Waals surface area contributed by atoms with Gasteiger partial charge in [0.25, 0.3) is 0 Å². The van der Waals surface area contributed by atoms with Gasteiger partial charge in [0.05, 0.1) is 45.5 Å². The molecule has 0 saturated carbocycles. The zero-order chi connectivity index (χ0) is 98.4. The minimum atomic E-state index is -0.384. The summed E-state index contributed by atoms with van der Waals surface area (Å²) in [5, 5.41) is 47.1. The van der Waals surface area contributed by atoms with Crippen LogP contribution in [0.25, 0.3) is 22.7 Å². The molecule has 4 aromatic carbocycles. The molecule has 16 aromatic rings. The van der Waals surface area contributed by atoms with Gasteiger partial charge < -0.3 is 11.1 Å². The highest BCUT2D eigenvalue weighted by molar-refractivity contribution is 7.16. The number of amides is 9. The van der Waals surface area contributed by atoms with Gasteiger partial charge in [-0.05, 0) is 204 Å². The van der Waals surface area contributed by atoms with Crippen LogP contribution in [0.2, 0.25) is 0 Å². The number of nitrogen functional groups attached to an aromatic ring is 1. The van der Waals surface area contributed by atoms with Crippen molar-refractivity contribution in [3.63, 3.8) is 0 Å². The number of hydrogen-bond acceptors (Lipinski definition) is 22. The van der Waals surface area contributed by atoms with Gasteiger partial charge in [-0.25, -0.2) is 67.8 Å². The molecular weight excluding hydrogens is 1810 g/mol. The monoisotopic (exact) mass is 1930 g/mol. The SMILES string of the molecule is CCC(=O)Nc1cc(CCc2cnc(NC(=O)Nc3cc(C(C)(C)C)nn3-c3ccc(C)cc3)s2)ccn1.Cc1ccc(-n2nc(C(C)(C)C)cc2NC(=O)Nc2ncc(CCc3ccnc(N)c3)s2)cc1.Cc1ccc(-n2nc(C(C)(C)C)cc2NC(=O)Nc2ncc(CCc3ccncc3)s2)cc1.Cc1cccc(-n2nc(C(C)(C)C)cc2NC(=O)Nc2ncc(CCc3ccncc3)s2)c1. The summed E-state index contributed by atoms with van der Waals surface area (Å²) in [5.74, 6) is 3.39. The molecule has 714 valence electrons. The van der Waals surface area contributed by atoms with E-state index in [0.29, 0.717) is 61.9 Å². The summed E-state index contributed by atoms with van der Waals surface area (Å²) in [6, 6.07) is 54.0. The Labute approximate surface area is 820 Å². The van der Waals surface area contributed by atoms with Crippen molar-refractivity contribution in [1.82, 2.24) is 79.0 Å². The molecule has 9 amide bonds. The van der Waals surface area contributed by atoms with Crippen molar-refractivity contribution in [1.29, 1.82) is 0 Å². The molecule has 12 heterocycles. The highest BCUT2D eigenvalue weighted by Crippen LogP contribution is 2.34. The van der Waals surface area contributed by atoms with Crippen molar-refractivity contribution in [3.8, 4) is 22.7 Å². The number of urea groups is 4. The molecule has 0 unspecified atom stereocenters. The van der Waals surface area contributed by atoms with Gasteiger partial charge in [0, 0.05) is 134 Å². The molecule has 0 fully saturated rings. The Kier molecular flexibility index (Phi) is 33.3. The average molecular weight is 1930 g/mol. The topological polar surface area (TPSA) is 394 Å². The number of nitrogens with one attached hydrogen (secondary N) is 9. The average Bonchev–Trinajstić information content (AvgIpc) is 1.67. The van der Waals surface area contributed by atoms with Gasteiger partial charge in [-0.1, -0.05) is 155 Å². The fourth-order valence-electron chi connectivity index (χ4n) is 13.6. The maximum absolute atomic E-state index is 12.9. The Morgan fingerprint density at radius 1 is 0.304 bits per heavy atom. The predicted octanol–water partition coefficient (Wildman–Crippen LogP) is 23.0. The predicted molar refractivity (Wildman–Crippen MR) is 557 cm³/mol. The first-order chi connectivity index (χ1) is 65.8. The molecule has 0 bridgehead atoms. The summed E-state index contributed by atoms with van der Waals surface area (Å²) in [4.78, 5) is 101. The molecule has 11 N–H and O–H groups in total. The van der Waals surface area contributed by atoms with E-state index < -0.39 is 0 Å². The zero-order valence-electron chi connectivity index (χ0n) is 80.7. The van der Waals surface area contributed by atoms with Gasteiger partial charge >= 0.3 is 24.1 Å². The molecular formula is C103H118N26O5S4. The van der Waals surface area contributed by atoms with E-state index in [1.807, 2.05) is 210 Å². The second kappa shape index (κ2) is 45.7. The smallest absolute Gasteiger partial charge is 0.326 e. The number of aryl methyl sites for hydroxylation is 12. The van der Waals surface area contributed by atoms with Gasteiger partial charge in [0.15, 0.2) is 20.5 Å². The number of carbonyl (C=O) groups is 5. The van der Waals surface area contributed by atoms with E-state index in [1.165, 1.54) is 56.5 Å². The number of pyridine rings is 4. The lowest BCUT2D eigenvalue weighted by atomic mass is 9.92. The standard InChI is InChI=1S/C28H33N7O2S.C25H29N7OS.2C25H28N6OS/c1-6-25(36)31-23-15-19(13-14-29-23)9-12-21-17-30-27(38-21)33-26(37)32-24-16-22(28(3,4)5)34-35(24)20-10-7-18(2)8-11-20;1-16-5-8-18(9-6-16)32-22(14-20(31-32)25(2,3)4)29-23(33)30-24-28-15-19(34-24)10-7-17-11-12-27-21(26)13-17;1-17-5-8-19(9-6-17)31-22(15-21(30-31)25(2,3)4)28-23(32)29-24-27-16-20(33-24)10-7-18-11-13-26-14-12-18;1-17-6-5-7-19(14-17)31-22(15-21(30-31)25(2,3)4)28-23(32)29-24-27-16-20(33-24)9-8-18-10-12-26-13-11-18/h7-8,10-11,13-17H,6,9,12H2,1-5H3,(H,29,31,36)(H2,30,32,33,37);5-6,8-9,11-15H,7,10H2,1-4H3,(H2,26,27)(H2,28,29,30,33);5-6,8-9,11-16H,7,10H2,1-4H3,(H2,27,28,29,32);5-7,10-16H,8-9H2,1-4H3,(H2,27,28,29,32). The number of benzene rings is 4. The number of thiazole rings is 4. The number of rotatable bonds is 26. The lowest BCUT2D eigenvalue weighted by molar-refractivity contribution is -0.115. The number of anilines is 10. The lowest BCUT2D eigenvalue weighted by Gasteiger charge is -2.14. The third-order valence-corrected chi connectivity index (χ3v) is 25.3. The third kappa shape index (κ3) is 29.6. The number of nitrogens with zero attached hydrogens (tertiary/aromatic N) is 16. The van der Waals surface area contributed by atoms with Crippen LogP contribution < -0.4 is 53.6 Å². The van der Waals surface area contributed by atoms with Crippen LogP contribution in [0.4, 0.5) is 74.6 Å². The second-order valence-electron chi connectivity index (χ2n) is 37.2. The molecule has 0 spiro atoms. The third-order valence-electron chi connectivity index (χ3n) is 21.5. The molecule has 12 aromatic heterocycles. The number of carbonyl (C=O) groups excluding carboxylic acids is 5. The van der Waals surface area contributed by atoms with Crippen molar-refractivity contribution in [2.75, 3.05) is 53.6 Å². The van der Waals surface area contributed by atoms with E-state index in [0.717, 1.165) is 150 Å². The first kappa shape index (κ1) is 101. The summed E-state index contributed by atoms with van der Waals surface area (Å²) in [6.07, 6.45) is 24.9. The first-order valence-corrected chi connectivity index (χ1v) is 48.6. The summed E-state index contributed by atoms with van der Waals surface area (Å²) in [6.45, 7) is 35.1. The van der Waals surface area contributed by atoms with Crippen molar-refractivity contribution in [3.05, 3.63) is 319 Å². The minimum absolute atomic E-state index is 0.0670. The summed E-state index contributed by atoms with van der Waals surface area (Å²) in [7, 11) is 0. The van der Waals surface area contributed by atoms with E-state index in [2.05, 4.69) is 171 Å². The van der Waals surface area contributed by atoms with E-state index in [-0.39, 0.29) is 51.7 Å². The largest absolute Gasteiger partial charge is 0.384 e. The molecule has 0 aliphatic rings. The Bertz CT molecular complexity index is 6780. The van der Waals surface area contributed by atoms with Crippen molar-refractivity contribution < 1.29 is 24.0 Å². The first-order valence-electron chi connectivity index (χ1n) is 45.4. The molecule has 0 aliphatic carbocycles. The Balaban J connectivity index is 0.000000156. The fraction of sp³-hybridized carbons (Fsp3) is 0.291. The van der Waals surface area contributed by atoms with Crippen LogP contribution in [0.15, 0.2) is 232 Å². The van der Waals surface area contributed by atoms with Gasteiger partial charge in [0.1, 0.15) is 34.9 Å². The maximum atomic E-state index is 12.9. The summed E-state index contributed by atoms with van der Waals surface area (Å²) < 4.78 is 7.04. The van der Waals surface area contributed by atoms with Gasteiger partial charge in [-0.15, -0.1) is 45.3 Å². The quantitative estimate of drug-likeness (QED) is 0.0241. The van der Waals surface area contributed by atoms with E-state index in [1.54, 1.807) is 75.2 Å². The summed E-state index contributed by atoms with van der Waals surface area (Å²) in [5.41, 5.74) is 21.4. The summed E-state index contributed by atoms with van der Waals surface area (Å²) >= 11 is 5.85. The van der Waals surface area contributed by atoms with Crippen LogP contribution in [0.3, 0.4) is 0 Å². The van der Waals surface area contributed by atoms with Gasteiger partial charge in [0.2, 0.25) is 5.91 Å². The number of aromatic nitrogens is 16. The van der Waals surface area contributed by atoms with E-state index in [4.69, 9.17) is 26.1 Å². The van der Waals surface area contributed by atoms with E-state index >= 15 is 0 Å². The van der Waals surface area contributed by atoms with Crippen molar-refractivity contribution in [2.24, 2.45) is 0 Å². The molecule has 0 atom stereocenters.